The number of hydrogen-bond donors (Lipinski definition) is 1. The average molecular weight is 297 g/mol. The zero-order valence-corrected chi connectivity index (χ0v) is 12.5. The number of anilines is 1. The summed E-state index contributed by atoms with van der Waals surface area (Å²) in [6, 6.07) is 1.59. The Labute approximate surface area is 122 Å². The van der Waals surface area contributed by atoms with Gasteiger partial charge in [0.05, 0.1) is 0 Å². The first-order valence-electron chi connectivity index (χ1n) is 6.46. The summed E-state index contributed by atoms with van der Waals surface area (Å²) in [7, 11) is 2.02. The van der Waals surface area contributed by atoms with Crippen LogP contribution >= 0.6 is 11.3 Å². The van der Waals surface area contributed by atoms with Crippen LogP contribution in [0.2, 0.25) is 0 Å². The van der Waals surface area contributed by atoms with Crippen LogP contribution in [0.5, 0.6) is 0 Å². The summed E-state index contributed by atoms with van der Waals surface area (Å²) in [4.78, 5) is 28.9. The van der Waals surface area contributed by atoms with E-state index in [-0.39, 0.29) is 12.5 Å². The van der Waals surface area contributed by atoms with Crippen LogP contribution in [-0.4, -0.2) is 61.5 Å². The fraction of sp³-hybridized carbons (Fsp3) is 0.538. The van der Waals surface area contributed by atoms with Crippen molar-refractivity contribution in [1.82, 2.24) is 9.80 Å². The van der Waals surface area contributed by atoms with E-state index < -0.39 is 5.97 Å². The van der Waals surface area contributed by atoms with E-state index in [1.54, 1.807) is 11.0 Å². The normalized spacial score (nSPS) is 16.2. The number of likely N-dealkylation sites (N-methyl/N-ethyl adjacent to an activating group) is 1. The third kappa shape index (κ3) is 3.49. The van der Waals surface area contributed by atoms with Gasteiger partial charge in [0.1, 0.15) is 4.88 Å². The number of nitrogen functional groups attached to an aromatic ring is 1. The van der Waals surface area contributed by atoms with E-state index in [9.17, 15) is 9.59 Å². The molecule has 1 aromatic rings. The SMILES string of the molecule is Cc1sc(C(=O)OCC(=O)N2CCN(C)CC2)cc1N. The van der Waals surface area contributed by atoms with Gasteiger partial charge < -0.3 is 20.3 Å². The maximum Gasteiger partial charge on any atom is 0.348 e. The Morgan fingerprint density at radius 3 is 2.55 bits per heavy atom. The number of rotatable bonds is 3. The Balaban J connectivity index is 1.82. The van der Waals surface area contributed by atoms with Crippen molar-refractivity contribution in [3.63, 3.8) is 0 Å². The maximum atomic E-state index is 11.9. The monoisotopic (exact) mass is 297 g/mol. The minimum Gasteiger partial charge on any atom is -0.451 e. The molecular formula is C13H19N3O3S. The number of carbonyl (C=O) groups excluding carboxylic acids is 2. The summed E-state index contributed by atoms with van der Waals surface area (Å²) in [5, 5.41) is 0. The smallest absolute Gasteiger partial charge is 0.348 e. The van der Waals surface area contributed by atoms with Crippen LogP contribution in [-0.2, 0) is 9.53 Å². The van der Waals surface area contributed by atoms with Gasteiger partial charge in [-0.3, -0.25) is 4.79 Å². The Morgan fingerprint density at radius 1 is 1.35 bits per heavy atom. The minimum absolute atomic E-state index is 0.146. The molecule has 110 valence electrons. The molecule has 1 aliphatic heterocycles. The predicted octanol–water partition coefficient (Wildman–Crippen LogP) is 0.570. The van der Waals surface area contributed by atoms with Crippen molar-refractivity contribution in [2.24, 2.45) is 0 Å². The van der Waals surface area contributed by atoms with Crippen molar-refractivity contribution >= 4 is 28.9 Å². The zero-order chi connectivity index (χ0) is 14.7. The first-order chi connectivity index (χ1) is 9.47. The second kappa shape index (κ2) is 6.23. The number of aryl methyl sites for hydroxylation is 1. The molecule has 6 nitrogen and oxygen atoms in total. The van der Waals surface area contributed by atoms with E-state index in [0.717, 1.165) is 18.0 Å². The molecule has 0 unspecified atom stereocenters. The lowest BCUT2D eigenvalue weighted by atomic mass is 10.3. The molecule has 1 aromatic heterocycles. The van der Waals surface area contributed by atoms with Crippen LogP contribution in [0.15, 0.2) is 6.07 Å². The van der Waals surface area contributed by atoms with Gasteiger partial charge in [-0.05, 0) is 20.0 Å². The van der Waals surface area contributed by atoms with Crippen LogP contribution in [0.25, 0.3) is 0 Å². The molecule has 0 aliphatic carbocycles. The maximum absolute atomic E-state index is 11.9. The van der Waals surface area contributed by atoms with Crippen LogP contribution < -0.4 is 5.73 Å². The van der Waals surface area contributed by atoms with Gasteiger partial charge in [0.2, 0.25) is 0 Å². The van der Waals surface area contributed by atoms with Crippen LogP contribution in [0.3, 0.4) is 0 Å². The van der Waals surface area contributed by atoms with Crippen molar-refractivity contribution in [2.75, 3.05) is 45.6 Å². The van der Waals surface area contributed by atoms with Crippen LogP contribution in [0, 0.1) is 6.92 Å². The standard InChI is InChI=1S/C13H19N3O3S/c1-9-10(14)7-11(20-9)13(18)19-8-12(17)16-5-3-15(2)4-6-16/h7H,3-6,8,14H2,1-2H3. The van der Waals surface area contributed by atoms with Crippen LogP contribution in [0.1, 0.15) is 14.5 Å². The number of nitrogens with zero attached hydrogens (tertiary/aromatic N) is 2. The highest BCUT2D eigenvalue weighted by atomic mass is 32.1. The Bertz CT molecular complexity index is 487. The third-order valence-corrected chi connectivity index (χ3v) is 4.39. The van der Waals surface area contributed by atoms with Gasteiger partial charge >= 0.3 is 5.97 Å². The second-order valence-corrected chi connectivity index (χ2v) is 6.14. The van der Waals surface area contributed by atoms with E-state index in [1.165, 1.54) is 11.3 Å². The molecule has 0 aromatic carbocycles. The number of ether oxygens (including phenoxy) is 1. The summed E-state index contributed by atoms with van der Waals surface area (Å²) >= 11 is 1.28. The Kier molecular flexibility index (Phi) is 4.61. The molecule has 2 heterocycles. The summed E-state index contributed by atoms with van der Waals surface area (Å²) < 4.78 is 5.05. The summed E-state index contributed by atoms with van der Waals surface area (Å²) in [6.07, 6.45) is 0. The lowest BCUT2D eigenvalue weighted by Crippen LogP contribution is -2.48. The highest BCUT2D eigenvalue weighted by Gasteiger charge is 2.21. The molecule has 20 heavy (non-hydrogen) atoms. The van der Waals surface area contributed by atoms with Gasteiger partial charge in [-0.1, -0.05) is 0 Å². The first-order valence-corrected chi connectivity index (χ1v) is 7.28. The first kappa shape index (κ1) is 14.8. The number of thiophene rings is 1. The van der Waals surface area contributed by atoms with Gasteiger partial charge in [0, 0.05) is 36.7 Å². The van der Waals surface area contributed by atoms with Crippen LogP contribution in [0.4, 0.5) is 5.69 Å². The fourth-order valence-electron chi connectivity index (χ4n) is 1.94. The Morgan fingerprint density at radius 2 is 2.00 bits per heavy atom. The van der Waals surface area contributed by atoms with Crippen molar-refractivity contribution in [3.8, 4) is 0 Å². The summed E-state index contributed by atoms with van der Waals surface area (Å²) in [6.45, 7) is 4.68. The molecule has 0 radical (unpaired) electrons. The van der Waals surface area contributed by atoms with Gasteiger partial charge in [0.15, 0.2) is 6.61 Å². The predicted molar refractivity (Wildman–Crippen MR) is 77.8 cm³/mol. The minimum atomic E-state index is -0.489. The molecule has 0 atom stereocenters. The van der Waals surface area contributed by atoms with E-state index in [1.807, 2.05) is 14.0 Å². The molecule has 7 heteroatoms. The van der Waals surface area contributed by atoms with E-state index in [0.29, 0.717) is 23.7 Å². The number of esters is 1. The number of carbonyl (C=O) groups is 2. The highest BCUT2D eigenvalue weighted by Crippen LogP contribution is 2.23. The number of amides is 1. The van der Waals surface area contributed by atoms with E-state index in [4.69, 9.17) is 10.5 Å². The van der Waals surface area contributed by atoms with E-state index in [2.05, 4.69) is 4.90 Å². The molecule has 2 rings (SSSR count). The van der Waals surface area contributed by atoms with Gasteiger partial charge in [0.25, 0.3) is 5.91 Å². The number of piperazine rings is 1. The van der Waals surface area contributed by atoms with Crippen molar-refractivity contribution in [2.45, 2.75) is 6.92 Å². The number of hydrogen-bond acceptors (Lipinski definition) is 6. The Hall–Kier alpha value is -1.60. The summed E-state index contributed by atoms with van der Waals surface area (Å²) in [5.41, 5.74) is 6.26. The van der Waals surface area contributed by atoms with Gasteiger partial charge in [-0.25, -0.2) is 4.79 Å². The van der Waals surface area contributed by atoms with Crippen molar-refractivity contribution < 1.29 is 14.3 Å². The molecule has 0 bridgehead atoms. The molecule has 1 saturated heterocycles. The van der Waals surface area contributed by atoms with Crippen molar-refractivity contribution in [3.05, 3.63) is 15.8 Å². The topological polar surface area (TPSA) is 75.9 Å². The second-order valence-electron chi connectivity index (χ2n) is 4.88. The van der Waals surface area contributed by atoms with Gasteiger partial charge in [-0.2, -0.15) is 0 Å². The quantitative estimate of drug-likeness (QED) is 0.826. The molecule has 0 spiro atoms. The van der Waals surface area contributed by atoms with E-state index >= 15 is 0 Å². The van der Waals surface area contributed by atoms with Gasteiger partial charge in [-0.15, -0.1) is 11.3 Å². The molecule has 1 amide bonds. The zero-order valence-electron chi connectivity index (χ0n) is 11.7. The number of nitrogens with two attached hydrogens (primary N) is 1. The largest absolute Gasteiger partial charge is 0.451 e. The lowest BCUT2D eigenvalue weighted by molar-refractivity contribution is -0.136. The third-order valence-electron chi connectivity index (χ3n) is 3.34. The molecule has 0 saturated carbocycles. The molecule has 1 fully saturated rings. The van der Waals surface area contributed by atoms with Crippen molar-refractivity contribution in [1.29, 1.82) is 0 Å². The molecule has 2 N–H and O–H groups in total. The molecular weight excluding hydrogens is 278 g/mol. The molecule has 1 aliphatic rings. The highest BCUT2D eigenvalue weighted by molar-refractivity contribution is 7.14. The lowest BCUT2D eigenvalue weighted by Gasteiger charge is -2.32. The summed E-state index contributed by atoms with van der Waals surface area (Å²) in [5.74, 6) is -0.634. The fourth-order valence-corrected chi connectivity index (χ4v) is 2.78. The average Bonchev–Trinajstić information content (AvgIpc) is 2.76.